The highest BCUT2D eigenvalue weighted by Gasteiger charge is 2.29. The number of hydrogen-bond acceptors (Lipinski definition) is 1. The molecule has 0 N–H and O–H groups in total. The molecule has 0 aromatic heterocycles. The summed E-state index contributed by atoms with van der Waals surface area (Å²) < 4.78 is 0. The fourth-order valence-corrected chi connectivity index (χ4v) is 3.36. The Hall–Kier alpha value is -0.820. The molecule has 1 aromatic rings. The molecular weight excluding hydrogens is 218 g/mol. The van der Waals surface area contributed by atoms with Crippen LogP contribution in [-0.2, 0) is 6.42 Å². The van der Waals surface area contributed by atoms with Crippen molar-refractivity contribution in [1.82, 2.24) is 4.90 Å². The average molecular weight is 245 g/mol. The van der Waals surface area contributed by atoms with Gasteiger partial charge in [0.2, 0.25) is 0 Å². The molecule has 2 rings (SSSR count). The summed E-state index contributed by atoms with van der Waals surface area (Å²) >= 11 is 0. The van der Waals surface area contributed by atoms with Crippen LogP contribution in [0, 0.1) is 5.92 Å². The van der Waals surface area contributed by atoms with Crippen LogP contribution in [0.5, 0.6) is 0 Å². The highest BCUT2D eigenvalue weighted by molar-refractivity contribution is 5.35. The zero-order chi connectivity index (χ0) is 13.0. The maximum atomic E-state index is 2.66. The normalized spacial score (nSPS) is 22.4. The second-order valence-corrected chi connectivity index (χ2v) is 5.75. The highest BCUT2D eigenvalue weighted by Crippen LogP contribution is 2.37. The minimum Gasteiger partial charge on any atom is -0.303 e. The lowest BCUT2D eigenvalue weighted by Gasteiger charge is -2.27. The smallest absolute Gasteiger partial charge is 0.00186 e. The number of nitrogens with zero attached hydrogens (tertiary/aromatic N) is 1. The van der Waals surface area contributed by atoms with Crippen LogP contribution in [0.3, 0.4) is 0 Å². The Balaban J connectivity index is 1.99. The fraction of sp³-hybridized carbons (Fsp3) is 0.647. The quantitative estimate of drug-likeness (QED) is 0.730. The van der Waals surface area contributed by atoms with E-state index in [1.165, 1.54) is 38.9 Å². The number of benzene rings is 1. The fourth-order valence-electron chi connectivity index (χ4n) is 3.36. The summed E-state index contributed by atoms with van der Waals surface area (Å²) in [6.07, 6.45) is 3.82. The first-order valence-electron chi connectivity index (χ1n) is 7.56. The van der Waals surface area contributed by atoms with Crippen molar-refractivity contribution in [2.75, 3.05) is 19.6 Å². The zero-order valence-corrected chi connectivity index (χ0v) is 12.2. The second kappa shape index (κ2) is 6.38. The lowest BCUT2D eigenvalue weighted by Crippen LogP contribution is -2.32. The summed E-state index contributed by atoms with van der Waals surface area (Å²) in [5.74, 6) is 1.55. The van der Waals surface area contributed by atoms with Crippen molar-refractivity contribution in [3.05, 3.63) is 35.4 Å². The standard InChI is InChI=1S/C17H27N/c1-4-10-18(11-5-2)13-16-12-15-8-6-7-9-17(15)14(16)3/h6-9,14,16H,4-5,10-13H2,1-3H3/t14-,16+/m0/s1. The molecule has 0 unspecified atom stereocenters. The van der Waals surface area contributed by atoms with E-state index in [1.807, 2.05) is 0 Å². The van der Waals surface area contributed by atoms with Crippen LogP contribution >= 0.6 is 0 Å². The summed E-state index contributed by atoms with van der Waals surface area (Å²) in [4.78, 5) is 2.66. The molecule has 1 nitrogen and oxygen atoms in total. The van der Waals surface area contributed by atoms with Crippen molar-refractivity contribution in [2.24, 2.45) is 5.92 Å². The van der Waals surface area contributed by atoms with Gasteiger partial charge in [-0.2, -0.15) is 0 Å². The van der Waals surface area contributed by atoms with Crippen molar-refractivity contribution in [2.45, 2.75) is 46.0 Å². The summed E-state index contributed by atoms with van der Waals surface area (Å²) in [5, 5.41) is 0. The molecule has 0 aliphatic heterocycles. The van der Waals surface area contributed by atoms with Crippen LogP contribution in [0.4, 0.5) is 0 Å². The van der Waals surface area contributed by atoms with Gasteiger partial charge in [0.15, 0.2) is 0 Å². The van der Waals surface area contributed by atoms with Gasteiger partial charge in [-0.05, 0) is 55.3 Å². The van der Waals surface area contributed by atoms with Crippen molar-refractivity contribution in [3.63, 3.8) is 0 Å². The molecule has 0 saturated heterocycles. The molecular formula is C17H27N. The molecule has 0 fully saturated rings. The molecule has 0 heterocycles. The Morgan fingerprint density at radius 2 is 1.78 bits per heavy atom. The van der Waals surface area contributed by atoms with Crippen LogP contribution in [0.1, 0.15) is 50.7 Å². The molecule has 2 atom stereocenters. The molecule has 0 radical (unpaired) electrons. The maximum Gasteiger partial charge on any atom is 0.00186 e. The Kier molecular flexibility index (Phi) is 4.82. The van der Waals surface area contributed by atoms with E-state index in [2.05, 4.69) is 49.9 Å². The van der Waals surface area contributed by atoms with Crippen molar-refractivity contribution >= 4 is 0 Å². The van der Waals surface area contributed by atoms with E-state index < -0.39 is 0 Å². The van der Waals surface area contributed by atoms with Gasteiger partial charge in [0.05, 0.1) is 0 Å². The van der Waals surface area contributed by atoms with Gasteiger partial charge in [0, 0.05) is 6.54 Å². The highest BCUT2D eigenvalue weighted by atomic mass is 15.1. The van der Waals surface area contributed by atoms with Gasteiger partial charge in [-0.1, -0.05) is 45.0 Å². The number of fused-ring (bicyclic) bond motifs is 1. The van der Waals surface area contributed by atoms with E-state index in [0.29, 0.717) is 0 Å². The maximum absolute atomic E-state index is 2.66. The van der Waals surface area contributed by atoms with E-state index in [1.54, 1.807) is 11.1 Å². The molecule has 1 aromatic carbocycles. The van der Waals surface area contributed by atoms with Gasteiger partial charge in [-0.15, -0.1) is 0 Å². The third-order valence-electron chi connectivity index (χ3n) is 4.31. The van der Waals surface area contributed by atoms with Gasteiger partial charge in [0.1, 0.15) is 0 Å². The summed E-state index contributed by atoms with van der Waals surface area (Å²) in [6.45, 7) is 10.8. The van der Waals surface area contributed by atoms with Crippen molar-refractivity contribution < 1.29 is 0 Å². The first-order valence-corrected chi connectivity index (χ1v) is 7.56. The Morgan fingerprint density at radius 1 is 1.11 bits per heavy atom. The number of rotatable bonds is 6. The molecule has 1 aliphatic carbocycles. The first kappa shape index (κ1) is 13.6. The van der Waals surface area contributed by atoms with E-state index in [9.17, 15) is 0 Å². The lowest BCUT2D eigenvalue weighted by atomic mass is 9.94. The molecule has 18 heavy (non-hydrogen) atoms. The molecule has 0 amide bonds. The predicted molar refractivity (Wildman–Crippen MR) is 79.1 cm³/mol. The largest absolute Gasteiger partial charge is 0.303 e. The van der Waals surface area contributed by atoms with E-state index >= 15 is 0 Å². The van der Waals surface area contributed by atoms with E-state index in [-0.39, 0.29) is 0 Å². The summed E-state index contributed by atoms with van der Waals surface area (Å²) in [6, 6.07) is 9.01. The first-order chi connectivity index (χ1) is 8.76. The zero-order valence-electron chi connectivity index (χ0n) is 12.2. The lowest BCUT2D eigenvalue weighted by molar-refractivity contribution is 0.222. The Labute approximate surface area is 112 Å². The minimum absolute atomic E-state index is 0.734. The Bertz CT molecular complexity index is 366. The van der Waals surface area contributed by atoms with Crippen molar-refractivity contribution in [1.29, 1.82) is 0 Å². The van der Waals surface area contributed by atoms with Gasteiger partial charge in [-0.3, -0.25) is 0 Å². The molecule has 0 bridgehead atoms. The van der Waals surface area contributed by atoms with Crippen LogP contribution in [0.15, 0.2) is 24.3 Å². The predicted octanol–water partition coefficient (Wildman–Crippen LogP) is 4.08. The van der Waals surface area contributed by atoms with Crippen LogP contribution in [0.2, 0.25) is 0 Å². The van der Waals surface area contributed by atoms with Gasteiger partial charge in [-0.25, -0.2) is 0 Å². The van der Waals surface area contributed by atoms with Gasteiger partial charge < -0.3 is 4.90 Å². The topological polar surface area (TPSA) is 3.24 Å². The molecule has 0 spiro atoms. The van der Waals surface area contributed by atoms with Gasteiger partial charge >= 0.3 is 0 Å². The molecule has 100 valence electrons. The van der Waals surface area contributed by atoms with Crippen LogP contribution in [0.25, 0.3) is 0 Å². The van der Waals surface area contributed by atoms with Crippen molar-refractivity contribution in [3.8, 4) is 0 Å². The molecule has 0 saturated carbocycles. The summed E-state index contributed by atoms with van der Waals surface area (Å²) in [5.41, 5.74) is 3.18. The monoisotopic (exact) mass is 245 g/mol. The van der Waals surface area contributed by atoms with E-state index in [4.69, 9.17) is 0 Å². The number of hydrogen-bond donors (Lipinski definition) is 0. The third-order valence-corrected chi connectivity index (χ3v) is 4.31. The average Bonchev–Trinajstić information content (AvgIpc) is 2.68. The van der Waals surface area contributed by atoms with Gasteiger partial charge in [0.25, 0.3) is 0 Å². The molecule has 1 heteroatoms. The SMILES string of the molecule is CCCN(CCC)C[C@H]1Cc2ccccc2[C@H]1C. The third kappa shape index (κ3) is 2.95. The van der Waals surface area contributed by atoms with E-state index in [0.717, 1.165) is 11.8 Å². The second-order valence-electron chi connectivity index (χ2n) is 5.75. The van der Waals surface area contributed by atoms with Crippen LogP contribution in [-0.4, -0.2) is 24.5 Å². The summed E-state index contributed by atoms with van der Waals surface area (Å²) in [7, 11) is 0. The molecule has 1 aliphatic rings. The minimum atomic E-state index is 0.734. The van der Waals surface area contributed by atoms with Crippen LogP contribution < -0.4 is 0 Å². The Morgan fingerprint density at radius 3 is 2.39 bits per heavy atom.